The van der Waals surface area contributed by atoms with Gasteiger partial charge in [0.05, 0.1) is 9.90 Å². The Kier molecular flexibility index (Phi) is 4.00. The lowest BCUT2D eigenvalue weighted by atomic mass is 10.3. The molecule has 2 aromatic rings. The van der Waals surface area contributed by atoms with Gasteiger partial charge < -0.3 is 13.9 Å². The van der Waals surface area contributed by atoms with Crippen LogP contribution in [0.25, 0.3) is 5.76 Å². The summed E-state index contributed by atoms with van der Waals surface area (Å²) in [5.41, 5.74) is 0.239. The van der Waals surface area contributed by atoms with Gasteiger partial charge in [-0.1, -0.05) is 28.3 Å². The molecule has 7 nitrogen and oxygen atoms in total. The van der Waals surface area contributed by atoms with Crippen LogP contribution < -0.4 is 5.32 Å². The van der Waals surface area contributed by atoms with E-state index in [1.807, 2.05) is 0 Å². The summed E-state index contributed by atoms with van der Waals surface area (Å²) < 4.78 is 16.3. The fraction of sp³-hybridized carbons (Fsp3) is 0.182. The molecule has 0 aliphatic carbocycles. The van der Waals surface area contributed by atoms with Crippen LogP contribution in [0.2, 0.25) is 8.67 Å². The molecule has 0 radical (unpaired) electrons. The summed E-state index contributed by atoms with van der Waals surface area (Å²) in [6.45, 7) is 0.845. The van der Waals surface area contributed by atoms with Gasteiger partial charge in [-0.05, 0) is 6.07 Å². The quantitative estimate of drug-likeness (QED) is 0.918. The van der Waals surface area contributed by atoms with Crippen molar-refractivity contribution in [2.24, 2.45) is 0 Å². The number of nitrogens with one attached hydrogen (secondary N) is 1. The van der Waals surface area contributed by atoms with Gasteiger partial charge in [-0.3, -0.25) is 10.1 Å². The Bertz CT molecular complexity index is 712. The van der Waals surface area contributed by atoms with Gasteiger partial charge in [-0.25, -0.2) is 0 Å². The van der Waals surface area contributed by atoms with Crippen LogP contribution >= 0.6 is 34.5 Å². The number of hydrogen-bond acceptors (Lipinski definition) is 7. The van der Waals surface area contributed by atoms with Crippen molar-refractivity contribution in [2.75, 3.05) is 18.5 Å². The van der Waals surface area contributed by atoms with E-state index in [4.69, 9.17) is 37.1 Å². The Balaban J connectivity index is 1.74. The van der Waals surface area contributed by atoms with Crippen molar-refractivity contribution in [3.8, 4) is 0 Å². The maximum absolute atomic E-state index is 12.0. The van der Waals surface area contributed by atoms with Gasteiger partial charge in [-0.2, -0.15) is 0 Å². The number of thiophene rings is 1. The van der Waals surface area contributed by atoms with Crippen LogP contribution in [0.3, 0.4) is 0 Å². The van der Waals surface area contributed by atoms with Crippen LogP contribution in [0, 0.1) is 0 Å². The lowest BCUT2D eigenvalue weighted by Crippen LogP contribution is -2.11. The molecule has 0 saturated carbocycles. The number of halogens is 2. The van der Waals surface area contributed by atoms with Gasteiger partial charge in [0.15, 0.2) is 0 Å². The summed E-state index contributed by atoms with van der Waals surface area (Å²) in [6, 6.07) is 1.38. The lowest BCUT2D eigenvalue weighted by molar-refractivity contribution is 0.102. The molecule has 0 spiro atoms. The van der Waals surface area contributed by atoms with Crippen molar-refractivity contribution in [3.63, 3.8) is 0 Å². The van der Waals surface area contributed by atoms with E-state index < -0.39 is 5.91 Å². The molecule has 21 heavy (non-hydrogen) atoms. The molecule has 1 aliphatic heterocycles. The average Bonchev–Trinajstić information content (AvgIpc) is 3.06. The molecule has 1 amide bonds. The fourth-order valence-electron chi connectivity index (χ4n) is 1.51. The van der Waals surface area contributed by atoms with Crippen LogP contribution in [-0.4, -0.2) is 29.3 Å². The average molecular weight is 348 g/mol. The highest BCUT2D eigenvalue weighted by atomic mass is 35.5. The molecule has 0 atom stereocenters. The smallest absolute Gasteiger partial charge is 0.322 e. The Labute approximate surface area is 132 Å². The zero-order valence-corrected chi connectivity index (χ0v) is 12.6. The van der Waals surface area contributed by atoms with Crippen LogP contribution in [0.5, 0.6) is 0 Å². The number of carbonyl (C=O) groups excluding carboxylic acids is 1. The molecular weight excluding hydrogens is 341 g/mol. The second kappa shape index (κ2) is 5.92. The monoisotopic (exact) mass is 347 g/mol. The summed E-state index contributed by atoms with van der Waals surface area (Å²) in [5.74, 6) is -0.0709. The predicted molar refractivity (Wildman–Crippen MR) is 76.5 cm³/mol. The largest absolute Gasteiger partial charge is 0.494 e. The number of anilines is 1. The Hall–Kier alpha value is -1.77. The minimum atomic E-state index is -0.492. The van der Waals surface area contributed by atoms with E-state index in [1.165, 1.54) is 12.3 Å². The number of carbonyl (C=O) groups is 1. The molecule has 0 bridgehead atoms. The first-order valence-electron chi connectivity index (χ1n) is 5.68. The first-order chi connectivity index (χ1) is 10.1. The molecular formula is C11H7Cl2N3O4S. The van der Waals surface area contributed by atoms with E-state index in [0.29, 0.717) is 23.3 Å². The van der Waals surface area contributed by atoms with E-state index in [9.17, 15) is 4.79 Å². The van der Waals surface area contributed by atoms with E-state index in [0.717, 1.165) is 11.3 Å². The number of nitrogens with zero attached hydrogens (tertiary/aromatic N) is 2. The van der Waals surface area contributed by atoms with Crippen molar-refractivity contribution < 1.29 is 18.7 Å². The fourth-order valence-corrected chi connectivity index (χ4v) is 2.97. The third-order valence-electron chi connectivity index (χ3n) is 2.41. The van der Waals surface area contributed by atoms with Gasteiger partial charge >= 0.3 is 6.01 Å². The van der Waals surface area contributed by atoms with Crippen LogP contribution in [0.15, 0.2) is 16.7 Å². The molecule has 1 N–H and O–H groups in total. The highest BCUT2D eigenvalue weighted by molar-refractivity contribution is 7.20. The zero-order chi connectivity index (χ0) is 14.8. The van der Waals surface area contributed by atoms with E-state index in [1.54, 1.807) is 0 Å². The molecule has 0 unspecified atom stereocenters. The number of rotatable bonds is 3. The second-order valence-electron chi connectivity index (χ2n) is 3.81. The summed E-state index contributed by atoms with van der Waals surface area (Å²) in [4.78, 5) is 12.0. The summed E-state index contributed by atoms with van der Waals surface area (Å²) in [6.07, 6.45) is 1.37. The van der Waals surface area contributed by atoms with Gasteiger partial charge in [0.2, 0.25) is 5.76 Å². The first-order valence-corrected chi connectivity index (χ1v) is 7.25. The Morgan fingerprint density at radius 1 is 1.33 bits per heavy atom. The van der Waals surface area contributed by atoms with Crippen molar-refractivity contribution >= 4 is 52.2 Å². The molecule has 1 aliphatic rings. The first kappa shape index (κ1) is 14.2. The maximum Gasteiger partial charge on any atom is 0.322 e. The van der Waals surface area contributed by atoms with Gasteiger partial charge in [-0.15, -0.1) is 16.4 Å². The molecule has 2 aromatic heterocycles. The van der Waals surface area contributed by atoms with E-state index >= 15 is 0 Å². The second-order valence-corrected chi connectivity index (χ2v) is 6.09. The van der Waals surface area contributed by atoms with Crippen molar-refractivity contribution in [1.29, 1.82) is 0 Å². The highest BCUT2D eigenvalue weighted by Crippen LogP contribution is 2.31. The van der Waals surface area contributed by atoms with Gasteiger partial charge in [0, 0.05) is 0 Å². The summed E-state index contributed by atoms with van der Waals surface area (Å²) in [7, 11) is 0. The number of aromatic nitrogens is 2. The standard InChI is InChI=1S/C11H7Cl2N3O4S/c12-7-3-5(8(13)21-7)9(17)14-11-16-15-10(20-11)6-4-18-1-2-19-6/h3-4H,1-2H2,(H,14,16,17). The normalized spacial score (nSPS) is 14.1. The third kappa shape index (κ3) is 3.12. The SMILES string of the molecule is O=C(Nc1nnc(C2=COCCO2)o1)c1cc(Cl)sc1Cl. The van der Waals surface area contributed by atoms with Crippen LogP contribution in [0.1, 0.15) is 16.2 Å². The number of amides is 1. The van der Waals surface area contributed by atoms with E-state index in [2.05, 4.69) is 15.5 Å². The third-order valence-corrected chi connectivity index (χ3v) is 3.89. The van der Waals surface area contributed by atoms with Crippen molar-refractivity contribution in [2.45, 2.75) is 0 Å². The topological polar surface area (TPSA) is 86.5 Å². The van der Waals surface area contributed by atoms with Gasteiger partial charge in [0.25, 0.3) is 11.8 Å². The maximum atomic E-state index is 12.0. The van der Waals surface area contributed by atoms with Crippen LogP contribution in [0.4, 0.5) is 6.01 Å². The van der Waals surface area contributed by atoms with E-state index in [-0.39, 0.29) is 21.8 Å². The molecule has 0 fully saturated rings. The minimum Gasteiger partial charge on any atom is -0.494 e. The molecule has 110 valence electrons. The summed E-state index contributed by atoms with van der Waals surface area (Å²) in [5, 5.41) is 9.88. The highest BCUT2D eigenvalue weighted by Gasteiger charge is 2.19. The molecule has 3 rings (SSSR count). The number of ether oxygens (including phenoxy) is 2. The summed E-state index contributed by atoms with van der Waals surface area (Å²) >= 11 is 12.8. The minimum absolute atomic E-state index is 0.0801. The molecule has 10 heteroatoms. The molecule has 3 heterocycles. The molecule has 0 saturated heterocycles. The Morgan fingerprint density at radius 3 is 2.86 bits per heavy atom. The lowest BCUT2D eigenvalue weighted by Gasteiger charge is -2.11. The van der Waals surface area contributed by atoms with Crippen molar-refractivity contribution in [1.82, 2.24) is 10.2 Å². The number of hydrogen-bond donors (Lipinski definition) is 1. The van der Waals surface area contributed by atoms with Gasteiger partial charge in [0.1, 0.15) is 23.8 Å². The van der Waals surface area contributed by atoms with Crippen LogP contribution in [-0.2, 0) is 9.47 Å². The zero-order valence-electron chi connectivity index (χ0n) is 10.3. The van der Waals surface area contributed by atoms with Crippen molar-refractivity contribution in [3.05, 3.63) is 32.5 Å². The predicted octanol–water partition coefficient (Wildman–Crippen LogP) is 3.04. The Morgan fingerprint density at radius 2 is 2.19 bits per heavy atom. The molecule has 0 aromatic carbocycles.